The van der Waals surface area contributed by atoms with Crippen molar-refractivity contribution in [3.05, 3.63) is 65.7 Å². The van der Waals surface area contributed by atoms with E-state index in [9.17, 15) is 4.79 Å². The maximum Gasteiger partial charge on any atom is 0.336 e. The molecule has 0 spiro atoms. The monoisotopic (exact) mass is 279 g/mol. The molecule has 0 bridgehead atoms. The SMILES string of the molecule is COc1cccc(/C=C/C(=O)Oc2ccccc2C#N)c1. The Balaban J connectivity index is 2.07. The third kappa shape index (κ3) is 3.95. The standard InChI is InChI=1S/C17H13NO3/c1-20-15-7-4-5-13(11-15)9-10-17(19)21-16-8-3-2-6-14(16)12-18/h2-11H,1H3/b10-9+. The summed E-state index contributed by atoms with van der Waals surface area (Å²) in [5.41, 5.74) is 1.14. The molecule has 0 aliphatic carbocycles. The zero-order chi connectivity index (χ0) is 15.1. The van der Waals surface area contributed by atoms with Crippen molar-refractivity contribution in [2.75, 3.05) is 7.11 Å². The van der Waals surface area contributed by atoms with Crippen LogP contribution in [0.1, 0.15) is 11.1 Å². The molecular weight excluding hydrogens is 266 g/mol. The maximum atomic E-state index is 11.8. The van der Waals surface area contributed by atoms with Gasteiger partial charge in [-0.3, -0.25) is 0 Å². The van der Waals surface area contributed by atoms with Crippen molar-refractivity contribution in [1.29, 1.82) is 5.26 Å². The van der Waals surface area contributed by atoms with Crippen molar-refractivity contribution in [1.82, 2.24) is 0 Å². The lowest BCUT2D eigenvalue weighted by Gasteiger charge is -2.03. The third-order valence-electron chi connectivity index (χ3n) is 2.72. The zero-order valence-electron chi connectivity index (χ0n) is 11.4. The van der Waals surface area contributed by atoms with E-state index in [-0.39, 0.29) is 5.75 Å². The van der Waals surface area contributed by atoms with E-state index in [2.05, 4.69) is 0 Å². The van der Waals surface area contributed by atoms with Gasteiger partial charge in [-0.1, -0.05) is 24.3 Å². The molecule has 0 atom stereocenters. The van der Waals surface area contributed by atoms with Crippen LogP contribution >= 0.6 is 0 Å². The van der Waals surface area contributed by atoms with Crippen LogP contribution in [0.5, 0.6) is 11.5 Å². The average molecular weight is 279 g/mol. The van der Waals surface area contributed by atoms with Crippen LogP contribution in [0.25, 0.3) is 6.08 Å². The molecule has 0 radical (unpaired) electrons. The van der Waals surface area contributed by atoms with Crippen molar-refractivity contribution < 1.29 is 14.3 Å². The molecule has 2 aromatic carbocycles. The molecule has 2 aromatic rings. The molecule has 0 heterocycles. The zero-order valence-corrected chi connectivity index (χ0v) is 11.4. The quantitative estimate of drug-likeness (QED) is 0.490. The van der Waals surface area contributed by atoms with E-state index in [0.29, 0.717) is 11.3 Å². The molecule has 104 valence electrons. The summed E-state index contributed by atoms with van der Waals surface area (Å²) in [4.78, 5) is 11.8. The highest BCUT2D eigenvalue weighted by Gasteiger charge is 2.05. The van der Waals surface area contributed by atoms with E-state index in [1.165, 1.54) is 6.08 Å². The van der Waals surface area contributed by atoms with Crippen LogP contribution in [0.2, 0.25) is 0 Å². The second-order valence-corrected chi connectivity index (χ2v) is 4.14. The molecule has 0 aromatic heterocycles. The van der Waals surface area contributed by atoms with E-state index < -0.39 is 5.97 Å². The van der Waals surface area contributed by atoms with Crippen LogP contribution in [0.4, 0.5) is 0 Å². The summed E-state index contributed by atoms with van der Waals surface area (Å²) >= 11 is 0. The van der Waals surface area contributed by atoms with E-state index in [0.717, 1.165) is 5.56 Å². The number of hydrogen-bond acceptors (Lipinski definition) is 4. The van der Waals surface area contributed by atoms with Crippen LogP contribution in [0.15, 0.2) is 54.6 Å². The lowest BCUT2D eigenvalue weighted by atomic mass is 10.2. The summed E-state index contributed by atoms with van der Waals surface area (Å²) in [5, 5.41) is 8.92. The van der Waals surface area contributed by atoms with Crippen LogP contribution in [-0.2, 0) is 4.79 Å². The van der Waals surface area contributed by atoms with Crippen molar-refractivity contribution in [3.63, 3.8) is 0 Å². The van der Waals surface area contributed by atoms with Gasteiger partial charge in [-0.25, -0.2) is 4.79 Å². The first kappa shape index (κ1) is 14.4. The lowest BCUT2D eigenvalue weighted by molar-refractivity contribution is -0.128. The van der Waals surface area contributed by atoms with Crippen molar-refractivity contribution >= 4 is 12.0 Å². The molecule has 21 heavy (non-hydrogen) atoms. The van der Waals surface area contributed by atoms with E-state index >= 15 is 0 Å². The number of carbonyl (C=O) groups excluding carboxylic acids is 1. The number of hydrogen-bond donors (Lipinski definition) is 0. The predicted octanol–water partition coefficient (Wildman–Crippen LogP) is 3.19. The van der Waals surface area contributed by atoms with Gasteiger partial charge in [0.15, 0.2) is 0 Å². The van der Waals surface area contributed by atoms with Gasteiger partial charge in [-0.05, 0) is 35.9 Å². The van der Waals surface area contributed by atoms with Crippen LogP contribution in [0.3, 0.4) is 0 Å². The minimum Gasteiger partial charge on any atom is -0.497 e. The van der Waals surface area contributed by atoms with Gasteiger partial charge in [-0.15, -0.1) is 0 Å². The molecule has 4 heteroatoms. The molecule has 0 saturated heterocycles. The van der Waals surface area contributed by atoms with E-state index in [1.54, 1.807) is 43.5 Å². The normalized spacial score (nSPS) is 10.1. The van der Waals surface area contributed by atoms with Gasteiger partial charge in [0.25, 0.3) is 0 Å². The number of carbonyl (C=O) groups is 1. The Labute approximate surface area is 122 Å². The van der Waals surface area contributed by atoms with Crippen LogP contribution in [0, 0.1) is 11.3 Å². The fraction of sp³-hybridized carbons (Fsp3) is 0.0588. The largest absolute Gasteiger partial charge is 0.497 e. The van der Waals surface area contributed by atoms with Gasteiger partial charge >= 0.3 is 5.97 Å². The first-order chi connectivity index (χ1) is 10.2. The number of ether oxygens (including phenoxy) is 2. The van der Waals surface area contributed by atoms with Crippen molar-refractivity contribution in [2.24, 2.45) is 0 Å². The van der Waals surface area contributed by atoms with Gasteiger partial charge in [0.2, 0.25) is 0 Å². The van der Waals surface area contributed by atoms with Gasteiger partial charge < -0.3 is 9.47 Å². The number of nitriles is 1. The van der Waals surface area contributed by atoms with E-state index in [1.807, 2.05) is 24.3 Å². The fourth-order valence-electron chi connectivity index (χ4n) is 1.70. The second-order valence-electron chi connectivity index (χ2n) is 4.14. The molecule has 0 saturated carbocycles. The maximum absolute atomic E-state index is 11.8. The summed E-state index contributed by atoms with van der Waals surface area (Å²) in [5.74, 6) is 0.418. The second kappa shape index (κ2) is 6.92. The Morgan fingerprint density at radius 1 is 1.19 bits per heavy atom. The average Bonchev–Trinajstić information content (AvgIpc) is 2.53. The molecule has 2 rings (SSSR count). The van der Waals surface area contributed by atoms with Crippen molar-refractivity contribution in [3.8, 4) is 17.6 Å². The summed E-state index contributed by atoms with van der Waals surface area (Å²) in [6.07, 6.45) is 2.93. The molecule has 0 unspecified atom stereocenters. The topological polar surface area (TPSA) is 59.3 Å². The molecule has 0 amide bonds. The highest BCUT2D eigenvalue weighted by molar-refractivity contribution is 5.89. The number of rotatable bonds is 4. The predicted molar refractivity (Wildman–Crippen MR) is 78.8 cm³/mol. The Bertz CT molecular complexity index is 714. The lowest BCUT2D eigenvalue weighted by Crippen LogP contribution is -2.04. The summed E-state index contributed by atoms with van der Waals surface area (Å²) in [6, 6.07) is 15.8. The number of esters is 1. The number of nitrogens with zero attached hydrogens (tertiary/aromatic N) is 1. The van der Waals surface area contributed by atoms with Gasteiger partial charge in [0.1, 0.15) is 17.6 Å². The molecule has 0 aliphatic heterocycles. The number of benzene rings is 2. The van der Waals surface area contributed by atoms with Gasteiger partial charge in [0.05, 0.1) is 12.7 Å². The van der Waals surface area contributed by atoms with Gasteiger partial charge in [0, 0.05) is 6.08 Å². The minimum atomic E-state index is -0.541. The first-order valence-corrected chi connectivity index (χ1v) is 6.26. The molecule has 4 nitrogen and oxygen atoms in total. The minimum absolute atomic E-state index is 0.250. The third-order valence-corrected chi connectivity index (χ3v) is 2.72. The molecule has 0 aliphatic rings. The highest BCUT2D eigenvalue weighted by Crippen LogP contribution is 2.17. The smallest absolute Gasteiger partial charge is 0.336 e. The van der Waals surface area contributed by atoms with Crippen molar-refractivity contribution in [2.45, 2.75) is 0 Å². The van der Waals surface area contributed by atoms with Crippen LogP contribution in [-0.4, -0.2) is 13.1 Å². The summed E-state index contributed by atoms with van der Waals surface area (Å²) < 4.78 is 10.2. The summed E-state index contributed by atoms with van der Waals surface area (Å²) in [6.45, 7) is 0. The van der Waals surface area contributed by atoms with Crippen LogP contribution < -0.4 is 9.47 Å². The number of para-hydroxylation sites is 1. The highest BCUT2D eigenvalue weighted by atomic mass is 16.5. The molecule has 0 N–H and O–H groups in total. The molecule has 0 fully saturated rings. The first-order valence-electron chi connectivity index (χ1n) is 6.26. The Morgan fingerprint density at radius 3 is 2.76 bits per heavy atom. The van der Waals surface area contributed by atoms with E-state index in [4.69, 9.17) is 14.7 Å². The number of methoxy groups -OCH3 is 1. The summed E-state index contributed by atoms with van der Waals surface area (Å²) in [7, 11) is 1.58. The Morgan fingerprint density at radius 2 is 2.00 bits per heavy atom. The fourth-order valence-corrected chi connectivity index (χ4v) is 1.70. The van der Waals surface area contributed by atoms with Gasteiger partial charge in [-0.2, -0.15) is 5.26 Å². The Hall–Kier alpha value is -3.06. The Kier molecular flexibility index (Phi) is 4.73. The molecular formula is C17H13NO3.